The highest BCUT2D eigenvalue weighted by atomic mass is 35.5. The van der Waals surface area contributed by atoms with Gasteiger partial charge in [0.1, 0.15) is 0 Å². The Labute approximate surface area is 130 Å². The van der Waals surface area contributed by atoms with Crippen LogP contribution in [-0.2, 0) is 0 Å². The molecule has 0 spiro atoms. The Morgan fingerprint density at radius 3 is 2.65 bits per heavy atom. The number of nitrogens with zero attached hydrogens (tertiary/aromatic N) is 1. The van der Waals surface area contributed by atoms with E-state index in [-0.39, 0.29) is 6.04 Å². The normalized spacial score (nSPS) is 12.4. The Morgan fingerprint density at radius 1 is 1.20 bits per heavy atom. The minimum Gasteiger partial charge on any atom is -0.306 e. The SMILES string of the molecule is CCCNC(c1ccc(Cl)c(Cl)c1)c1ccncc1C. The van der Waals surface area contributed by atoms with Crippen molar-refractivity contribution >= 4 is 23.2 Å². The zero-order chi connectivity index (χ0) is 14.5. The number of aryl methyl sites for hydroxylation is 1. The smallest absolute Gasteiger partial charge is 0.0595 e. The monoisotopic (exact) mass is 308 g/mol. The van der Waals surface area contributed by atoms with Crippen molar-refractivity contribution in [1.29, 1.82) is 0 Å². The minimum atomic E-state index is 0.104. The summed E-state index contributed by atoms with van der Waals surface area (Å²) in [7, 11) is 0. The van der Waals surface area contributed by atoms with Crippen molar-refractivity contribution in [2.75, 3.05) is 6.54 Å². The molecule has 4 heteroatoms. The number of nitrogens with one attached hydrogen (secondary N) is 1. The summed E-state index contributed by atoms with van der Waals surface area (Å²) in [5.41, 5.74) is 3.49. The van der Waals surface area contributed by atoms with Gasteiger partial charge in [-0.15, -0.1) is 0 Å². The van der Waals surface area contributed by atoms with Crippen molar-refractivity contribution in [3.8, 4) is 0 Å². The quantitative estimate of drug-likeness (QED) is 0.859. The van der Waals surface area contributed by atoms with Crippen LogP contribution in [0.1, 0.15) is 36.1 Å². The van der Waals surface area contributed by atoms with Crippen LogP contribution >= 0.6 is 23.2 Å². The molecule has 0 radical (unpaired) electrons. The number of rotatable bonds is 5. The van der Waals surface area contributed by atoms with Crippen molar-refractivity contribution in [3.05, 3.63) is 63.4 Å². The highest BCUT2D eigenvalue weighted by molar-refractivity contribution is 6.42. The number of benzene rings is 1. The predicted octanol–water partition coefficient (Wildman–Crippen LogP) is 4.79. The Balaban J connectivity index is 2.41. The molecule has 20 heavy (non-hydrogen) atoms. The Morgan fingerprint density at radius 2 is 2.00 bits per heavy atom. The molecule has 0 saturated carbocycles. The van der Waals surface area contributed by atoms with Gasteiger partial charge in [-0.05, 0) is 54.8 Å². The molecule has 0 bridgehead atoms. The van der Waals surface area contributed by atoms with Gasteiger partial charge in [-0.2, -0.15) is 0 Å². The van der Waals surface area contributed by atoms with E-state index in [2.05, 4.69) is 24.1 Å². The molecule has 0 saturated heterocycles. The second-order valence-corrected chi connectivity index (χ2v) is 5.61. The molecule has 106 valence electrons. The van der Waals surface area contributed by atoms with E-state index in [0.29, 0.717) is 10.0 Å². The summed E-state index contributed by atoms with van der Waals surface area (Å²) in [6.07, 6.45) is 4.77. The van der Waals surface area contributed by atoms with Crippen LogP contribution in [0.3, 0.4) is 0 Å². The van der Waals surface area contributed by atoms with Crippen LogP contribution in [0.15, 0.2) is 36.7 Å². The van der Waals surface area contributed by atoms with E-state index in [9.17, 15) is 0 Å². The molecule has 1 atom stereocenters. The van der Waals surface area contributed by atoms with Crippen molar-refractivity contribution in [2.24, 2.45) is 0 Å². The van der Waals surface area contributed by atoms with E-state index in [1.807, 2.05) is 36.7 Å². The maximum Gasteiger partial charge on any atom is 0.0595 e. The van der Waals surface area contributed by atoms with E-state index in [1.54, 1.807) is 0 Å². The van der Waals surface area contributed by atoms with Gasteiger partial charge in [-0.1, -0.05) is 36.2 Å². The van der Waals surface area contributed by atoms with Crippen LogP contribution in [0.5, 0.6) is 0 Å². The average molecular weight is 309 g/mol. The molecular weight excluding hydrogens is 291 g/mol. The van der Waals surface area contributed by atoms with Crippen LogP contribution in [0.4, 0.5) is 0 Å². The summed E-state index contributed by atoms with van der Waals surface area (Å²) in [5, 5.41) is 4.72. The number of pyridine rings is 1. The fourth-order valence-electron chi connectivity index (χ4n) is 2.20. The molecule has 1 heterocycles. The first-order valence-electron chi connectivity index (χ1n) is 6.72. The fourth-order valence-corrected chi connectivity index (χ4v) is 2.50. The highest BCUT2D eigenvalue weighted by Crippen LogP contribution is 2.29. The van der Waals surface area contributed by atoms with Crippen LogP contribution in [0.2, 0.25) is 10.0 Å². The molecule has 0 aliphatic carbocycles. The van der Waals surface area contributed by atoms with Gasteiger partial charge in [-0.3, -0.25) is 4.98 Å². The van der Waals surface area contributed by atoms with Gasteiger partial charge >= 0.3 is 0 Å². The third-order valence-corrected chi connectivity index (χ3v) is 3.99. The first kappa shape index (κ1) is 15.3. The molecule has 0 fully saturated rings. The van der Waals surface area contributed by atoms with E-state index in [4.69, 9.17) is 23.2 Å². The van der Waals surface area contributed by atoms with Gasteiger partial charge in [0.2, 0.25) is 0 Å². The van der Waals surface area contributed by atoms with Crippen LogP contribution in [0, 0.1) is 6.92 Å². The zero-order valence-corrected chi connectivity index (χ0v) is 13.2. The van der Waals surface area contributed by atoms with Crippen molar-refractivity contribution in [1.82, 2.24) is 10.3 Å². The summed E-state index contributed by atoms with van der Waals surface area (Å²) in [6.45, 7) is 5.16. The van der Waals surface area contributed by atoms with Gasteiger partial charge < -0.3 is 5.32 Å². The van der Waals surface area contributed by atoms with E-state index in [0.717, 1.165) is 24.1 Å². The van der Waals surface area contributed by atoms with Crippen molar-refractivity contribution in [2.45, 2.75) is 26.3 Å². The topological polar surface area (TPSA) is 24.9 Å². The minimum absolute atomic E-state index is 0.104. The van der Waals surface area contributed by atoms with Gasteiger partial charge in [0, 0.05) is 12.4 Å². The summed E-state index contributed by atoms with van der Waals surface area (Å²) in [6, 6.07) is 7.94. The standard InChI is InChI=1S/C16H18Cl2N2/c1-3-7-20-16(13-6-8-19-10-11(13)2)12-4-5-14(17)15(18)9-12/h4-6,8-10,16,20H,3,7H2,1-2H3. The summed E-state index contributed by atoms with van der Waals surface area (Å²) >= 11 is 12.2. The lowest BCUT2D eigenvalue weighted by atomic mass is 9.96. The van der Waals surface area contributed by atoms with Gasteiger partial charge in [0.05, 0.1) is 16.1 Å². The predicted molar refractivity (Wildman–Crippen MR) is 85.6 cm³/mol. The summed E-state index contributed by atoms with van der Waals surface area (Å²) in [4.78, 5) is 4.16. The number of aromatic nitrogens is 1. The van der Waals surface area contributed by atoms with E-state index in [1.165, 1.54) is 5.56 Å². The zero-order valence-electron chi connectivity index (χ0n) is 11.7. The van der Waals surface area contributed by atoms with E-state index >= 15 is 0 Å². The average Bonchev–Trinajstić information content (AvgIpc) is 2.44. The lowest BCUT2D eigenvalue weighted by molar-refractivity contribution is 0.595. The van der Waals surface area contributed by atoms with E-state index < -0.39 is 0 Å². The Kier molecular flexibility index (Phi) is 5.41. The van der Waals surface area contributed by atoms with Crippen LogP contribution in [0.25, 0.3) is 0 Å². The summed E-state index contributed by atoms with van der Waals surface area (Å²) < 4.78 is 0. The van der Waals surface area contributed by atoms with Crippen molar-refractivity contribution < 1.29 is 0 Å². The molecule has 0 aliphatic heterocycles. The first-order chi connectivity index (χ1) is 9.63. The third kappa shape index (κ3) is 3.51. The molecule has 0 amide bonds. The highest BCUT2D eigenvalue weighted by Gasteiger charge is 2.16. The number of hydrogen-bond acceptors (Lipinski definition) is 2. The Bertz CT molecular complexity index is 584. The molecule has 1 aromatic heterocycles. The molecular formula is C16H18Cl2N2. The molecule has 1 unspecified atom stereocenters. The van der Waals surface area contributed by atoms with Crippen molar-refractivity contribution in [3.63, 3.8) is 0 Å². The van der Waals surface area contributed by atoms with Gasteiger partial charge in [0.15, 0.2) is 0 Å². The Hall–Kier alpha value is -1.09. The lowest BCUT2D eigenvalue weighted by Gasteiger charge is -2.21. The largest absolute Gasteiger partial charge is 0.306 e. The molecule has 2 nitrogen and oxygen atoms in total. The third-order valence-electron chi connectivity index (χ3n) is 3.25. The second-order valence-electron chi connectivity index (χ2n) is 4.79. The number of hydrogen-bond donors (Lipinski definition) is 1. The van der Waals surface area contributed by atoms with Crippen LogP contribution in [-0.4, -0.2) is 11.5 Å². The maximum absolute atomic E-state index is 6.15. The second kappa shape index (κ2) is 7.07. The van der Waals surface area contributed by atoms with Crippen LogP contribution < -0.4 is 5.32 Å². The van der Waals surface area contributed by atoms with Gasteiger partial charge in [-0.25, -0.2) is 0 Å². The number of halogens is 2. The fraction of sp³-hybridized carbons (Fsp3) is 0.312. The molecule has 2 aromatic rings. The molecule has 1 N–H and O–H groups in total. The molecule has 2 rings (SSSR count). The maximum atomic E-state index is 6.15. The lowest BCUT2D eigenvalue weighted by Crippen LogP contribution is -2.24. The molecule has 0 aliphatic rings. The summed E-state index contributed by atoms with van der Waals surface area (Å²) in [5.74, 6) is 0. The van der Waals surface area contributed by atoms with Gasteiger partial charge in [0.25, 0.3) is 0 Å². The molecule has 1 aromatic carbocycles. The first-order valence-corrected chi connectivity index (χ1v) is 7.48.